The molecule has 1 aliphatic rings. The third-order valence-corrected chi connectivity index (χ3v) is 8.56. The lowest BCUT2D eigenvalue weighted by Gasteiger charge is -2.57. The fraction of sp³-hybridized carbons (Fsp3) is 0.300. The van der Waals surface area contributed by atoms with E-state index in [2.05, 4.69) is 0 Å². The fourth-order valence-electron chi connectivity index (χ4n) is 4.99. The molecule has 0 N–H and O–H groups in total. The average Bonchev–Trinajstić information content (AvgIpc) is 2.94. The van der Waals surface area contributed by atoms with E-state index in [9.17, 15) is 14.9 Å². The molecular formula is C30H32N2O5S. The largest absolute Gasteiger partial charge is 0.497 e. The second-order valence-corrected chi connectivity index (χ2v) is 10.6. The molecule has 4 rings (SSSR count). The van der Waals surface area contributed by atoms with Crippen molar-refractivity contribution in [1.29, 1.82) is 0 Å². The van der Waals surface area contributed by atoms with Gasteiger partial charge in [-0.1, -0.05) is 49.4 Å². The number of β-lactam (4-membered cyclic amide) rings is 1. The number of rotatable bonds is 12. The lowest BCUT2D eigenvalue weighted by molar-refractivity contribution is -0.402. The van der Waals surface area contributed by atoms with Gasteiger partial charge in [0, 0.05) is 17.0 Å². The summed E-state index contributed by atoms with van der Waals surface area (Å²) in [6.45, 7) is 1.97. The van der Waals surface area contributed by atoms with E-state index < -0.39 is 15.7 Å². The van der Waals surface area contributed by atoms with E-state index in [0.717, 1.165) is 33.7 Å². The normalized spacial score (nSPS) is 19.0. The van der Waals surface area contributed by atoms with E-state index in [0.29, 0.717) is 19.3 Å². The standard InChI is InChI=1S/C30H32N2O5S/c1-4-30(38-27-8-6-5-7-9-27)28(18-19-31(34)35)32(29(30)33)24(20-22-10-14-25(36-2)15-11-22)21-23-12-16-26(37-3)17-13-23/h5-19,24,28H,4,20-21H2,1-3H3. The maximum atomic E-state index is 14.1. The summed E-state index contributed by atoms with van der Waals surface area (Å²) in [6, 6.07) is 24.7. The van der Waals surface area contributed by atoms with Crippen molar-refractivity contribution >= 4 is 17.7 Å². The number of nitrogens with zero attached hydrogens (tertiary/aromatic N) is 2. The average molecular weight is 533 g/mol. The lowest BCUT2D eigenvalue weighted by atomic mass is 9.80. The molecule has 1 saturated heterocycles. The first-order valence-corrected chi connectivity index (χ1v) is 13.4. The van der Waals surface area contributed by atoms with Crippen LogP contribution < -0.4 is 9.47 Å². The zero-order chi connectivity index (χ0) is 27.1. The summed E-state index contributed by atoms with van der Waals surface area (Å²) in [5.74, 6) is 1.52. The van der Waals surface area contributed by atoms with Gasteiger partial charge in [-0.25, -0.2) is 0 Å². The van der Waals surface area contributed by atoms with Gasteiger partial charge in [0.25, 0.3) is 0 Å². The van der Waals surface area contributed by atoms with Gasteiger partial charge < -0.3 is 14.4 Å². The monoisotopic (exact) mass is 532 g/mol. The molecule has 3 aromatic carbocycles. The molecule has 198 valence electrons. The smallest absolute Gasteiger partial charge is 0.242 e. The molecule has 1 heterocycles. The Balaban J connectivity index is 1.70. The highest BCUT2D eigenvalue weighted by Crippen LogP contribution is 2.50. The van der Waals surface area contributed by atoms with Gasteiger partial charge >= 0.3 is 0 Å². The molecule has 0 spiro atoms. The lowest BCUT2D eigenvalue weighted by Crippen LogP contribution is -2.74. The van der Waals surface area contributed by atoms with Crippen molar-refractivity contribution in [3.05, 3.63) is 112 Å². The molecular weight excluding hydrogens is 500 g/mol. The Kier molecular flexibility index (Phi) is 8.73. The molecule has 38 heavy (non-hydrogen) atoms. The van der Waals surface area contributed by atoms with Crippen LogP contribution in [0.2, 0.25) is 0 Å². The maximum absolute atomic E-state index is 14.1. The summed E-state index contributed by atoms with van der Waals surface area (Å²) in [4.78, 5) is 27.7. The maximum Gasteiger partial charge on any atom is 0.242 e. The number of carbonyl (C=O) groups is 1. The predicted molar refractivity (Wildman–Crippen MR) is 149 cm³/mol. The van der Waals surface area contributed by atoms with E-state index in [4.69, 9.17) is 9.47 Å². The predicted octanol–water partition coefficient (Wildman–Crippen LogP) is 5.80. The summed E-state index contributed by atoms with van der Waals surface area (Å²) >= 11 is 1.49. The molecule has 2 atom stereocenters. The van der Waals surface area contributed by atoms with E-state index in [1.165, 1.54) is 11.8 Å². The molecule has 1 fully saturated rings. The first-order valence-electron chi connectivity index (χ1n) is 12.5. The summed E-state index contributed by atoms with van der Waals surface area (Å²) in [7, 11) is 3.25. The van der Waals surface area contributed by atoms with Gasteiger partial charge in [0.2, 0.25) is 12.1 Å². The minimum absolute atomic E-state index is 0.00104. The Morgan fingerprint density at radius 1 is 0.947 bits per heavy atom. The molecule has 0 radical (unpaired) electrons. The second kappa shape index (κ2) is 12.2. The van der Waals surface area contributed by atoms with Gasteiger partial charge in [0.05, 0.1) is 25.2 Å². The number of carbonyl (C=O) groups excluding carboxylic acids is 1. The fourth-order valence-corrected chi connectivity index (χ4v) is 6.36. The van der Waals surface area contributed by atoms with Gasteiger partial charge in [0.15, 0.2) is 0 Å². The van der Waals surface area contributed by atoms with Gasteiger partial charge in [-0.05, 0) is 66.8 Å². The SMILES string of the molecule is CCC1(Sc2ccccc2)C(=O)N(C(Cc2ccc(OC)cc2)Cc2ccc(OC)cc2)C1C=C[N+](=O)[O-]. The molecule has 3 aromatic rings. The Morgan fingerprint density at radius 2 is 1.47 bits per heavy atom. The van der Waals surface area contributed by atoms with Crippen LogP contribution in [0.5, 0.6) is 11.5 Å². The third kappa shape index (κ3) is 5.86. The van der Waals surface area contributed by atoms with E-state index >= 15 is 0 Å². The van der Waals surface area contributed by atoms with Crippen LogP contribution in [0.15, 0.2) is 96.0 Å². The summed E-state index contributed by atoms with van der Waals surface area (Å²) in [5.41, 5.74) is 2.11. The molecule has 0 bridgehead atoms. The van der Waals surface area contributed by atoms with E-state index in [1.54, 1.807) is 20.3 Å². The van der Waals surface area contributed by atoms with Crippen molar-refractivity contribution in [2.45, 2.75) is 47.9 Å². The zero-order valence-corrected chi connectivity index (χ0v) is 22.6. The third-order valence-electron chi connectivity index (χ3n) is 6.99. The number of methoxy groups -OCH3 is 2. The quantitative estimate of drug-likeness (QED) is 0.167. The van der Waals surface area contributed by atoms with Crippen molar-refractivity contribution in [2.75, 3.05) is 14.2 Å². The Morgan fingerprint density at radius 3 is 1.92 bits per heavy atom. The molecule has 0 aromatic heterocycles. The molecule has 1 aliphatic heterocycles. The van der Waals surface area contributed by atoms with Crippen LogP contribution in [0.1, 0.15) is 24.5 Å². The Bertz CT molecular complexity index is 1210. The van der Waals surface area contributed by atoms with Crippen molar-refractivity contribution in [2.24, 2.45) is 0 Å². The Hall–Kier alpha value is -3.78. The van der Waals surface area contributed by atoms with Gasteiger partial charge in [0.1, 0.15) is 16.2 Å². The van der Waals surface area contributed by atoms with Crippen molar-refractivity contribution < 1.29 is 19.2 Å². The van der Waals surface area contributed by atoms with Crippen LogP contribution in [-0.4, -0.2) is 46.8 Å². The van der Waals surface area contributed by atoms with Crippen LogP contribution in [0, 0.1) is 10.1 Å². The van der Waals surface area contributed by atoms with Crippen molar-refractivity contribution in [1.82, 2.24) is 4.90 Å². The summed E-state index contributed by atoms with van der Waals surface area (Å²) < 4.78 is 9.80. The zero-order valence-electron chi connectivity index (χ0n) is 21.8. The first-order chi connectivity index (χ1) is 18.4. The van der Waals surface area contributed by atoms with Crippen LogP contribution >= 0.6 is 11.8 Å². The van der Waals surface area contributed by atoms with Crippen LogP contribution in [-0.2, 0) is 17.6 Å². The minimum Gasteiger partial charge on any atom is -0.497 e. The van der Waals surface area contributed by atoms with Gasteiger partial charge in [-0.3, -0.25) is 14.9 Å². The Labute approximate surface area is 227 Å². The molecule has 2 unspecified atom stereocenters. The number of amides is 1. The number of nitro groups is 1. The summed E-state index contributed by atoms with van der Waals surface area (Å²) in [6.07, 6.45) is 4.29. The highest BCUT2D eigenvalue weighted by Gasteiger charge is 2.61. The van der Waals surface area contributed by atoms with Gasteiger partial charge in [-0.15, -0.1) is 11.8 Å². The van der Waals surface area contributed by atoms with E-state index in [1.807, 2.05) is 90.7 Å². The first kappa shape index (κ1) is 27.3. The van der Waals surface area contributed by atoms with Crippen LogP contribution in [0.4, 0.5) is 0 Å². The molecule has 1 amide bonds. The van der Waals surface area contributed by atoms with Crippen molar-refractivity contribution in [3.63, 3.8) is 0 Å². The molecule has 0 saturated carbocycles. The van der Waals surface area contributed by atoms with E-state index in [-0.39, 0.29) is 11.9 Å². The number of likely N-dealkylation sites (tertiary alicyclic amines) is 1. The topological polar surface area (TPSA) is 81.9 Å². The van der Waals surface area contributed by atoms with Crippen molar-refractivity contribution in [3.8, 4) is 11.5 Å². The number of thioether (sulfide) groups is 1. The highest BCUT2D eigenvalue weighted by molar-refractivity contribution is 8.01. The second-order valence-electron chi connectivity index (χ2n) is 9.20. The molecule has 0 aliphatic carbocycles. The van der Waals surface area contributed by atoms with Gasteiger partial charge in [-0.2, -0.15) is 0 Å². The number of hydrogen-bond donors (Lipinski definition) is 0. The highest BCUT2D eigenvalue weighted by atomic mass is 32.2. The van der Waals surface area contributed by atoms with Crippen LogP contribution in [0.3, 0.4) is 0 Å². The number of benzene rings is 3. The number of hydrogen-bond acceptors (Lipinski definition) is 6. The molecule has 7 nitrogen and oxygen atoms in total. The molecule has 8 heteroatoms. The summed E-state index contributed by atoms with van der Waals surface area (Å²) in [5, 5.41) is 11.3. The minimum atomic E-state index is -0.814. The van der Waals surface area contributed by atoms with Crippen LogP contribution in [0.25, 0.3) is 0 Å². The number of ether oxygens (including phenoxy) is 2.